The van der Waals surface area contributed by atoms with Gasteiger partial charge in [0, 0.05) is 3.57 Å². The molecule has 0 aliphatic carbocycles. The first kappa shape index (κ1) is 14.6. The average Bonchev–Trinajstić information content (AvgIpc) is 2.43. The second kappa shape index (κ2) is 6.60. The Morgan fingerprint density at radius 3 is 2.65 bits per heavy atom. The van der Waals surface area contributed by atoms with E-state index in [9.17, 15) is 4.79 Å². The molecule has 0 aliphatic rings. The van der Waals surface area contributed by atoms with E-state index in [1.807, 2.05) is 24.3 Å². The average molecular weight is 382 g/mol. The molecule has 0 unspecified atom stereocenters. The van der Waals surface area contributed by atoms with E-state index in [0.717, 1.165) is 14.9 Å². The zero-order chi connectivity index (χ0) is 14.5. The summed E-state index contributed by atoms with van der Waals surface area (Å²) >= 11 is 2.25. The quantitative estimate of drug-likeness (QED) is 0.480. The number of anilines is 3. The molecule has 2 aromatic rings. The first-order valence-corrected chi connectivity index (χ1v) is 7.28. The standard InChI is InChI=1S/C15H15IN2O2/c1-2-20-15(19)10-7-8-14(12(17)9-10)18-13-6-4-3-5-11(13)16/h3-9,18H,2,17H2,1H3. The highest BCUT2D eigenvalue weighted by atomic mass is 127. The number of esters is 1. The molecule has 0 spiro atoms. The summed E-state index contributed by atoms with van der Waals surface area (Å²) < 4.78 is 6.04. The zero-order valence-corrected chi connectivity index (χ0v) is 13.2. The van der Waals surface area contributed by atoms with Crippen LogP contribution in [0.15, 0.2) is 42.5 Å². The van der Waals surface area contributed by atoms with Crippen molar-refractivity contribution in [3.05, 3.63) is 51.6 Å². The maximum absolute atomic E-state index is 11.6. The Bertz CT molecular complexity index is 629. The van der Waals surface area contributed by atoms with Gasteiger partial charge in [0.15, 0.2) is 0 Å². The molecule has 4 nitrogen and oxygen atoms in total. The van der Waals surface area contributed by atoms with Crippen LogP contribution in [0.3, 0.4) is 0 Å². The molecule has 0 saturated heterocycles. The Morgan fingerprint density at radius 1 is 1.25 bits per heavy atom. The predicted octanol–water partition coefficient (Wildman–Crippen LogP) is 3.79. The summed E-state index contributed by atoms with van der Waals surface area (Å²) in [6, 6.07) is 13.0. The van der Waals surface area contributed by atoms with Crippen molar-refractivity contribution < 1.29 is 9.53 Å². The molecule has 3 N–H and O–H groups in total. The van der Waals surface area contributed by atoms with Gasteiger partial charge in [0.2, 0.25) is 0 Å². The van der Waals surface area contributed by atoms with Gasteiger partial charge in [-0.15, -0.1) is 0 Å². The predicted molar refractivity (Wildman–Crippen MR) is 89.3 cm³/mol. The molecule has 104 valence electrons. The molecule has 5 heteroatoms. The number of nitrogens with one attached hydrogen (secondary N) is 1. The molecular formula is C15H15IN2O2. The van der Waals surface area contributed by atoms with Crippen molar-refractivity contribution in [2.45, 2.75) is 6.92 Å². The first-order chi connectivity index (χ1) is 9.61. The second-order valence-corrected chi connectivity index (χ2v) is 5.29. The molecule has 0 saturated carbocycles. The van der Waals surface area contributed by atoms with E-state index in [0.29, 0.717) is 17.9 Å². The molecule has 0 amide bonds. The Balaban J connectivity index is 2.22. The van der Waals surface area contributed by atoms with Crippen LogP contribution in [-0.4, -0.2) is 12.6 Å². The Labute approximate surface area is 131 Å². The molecule has 20 heavy (non-hydrogen) atoms. The zero-order valence-electron chi connectivity index (χ0n) is 11.0. The summed E-state index contributed by atoms with van der Waals surface area (Å²) in [6.07, 6.45) is 0. The fraction of sp³-hybridized carbons (Fsp3) is 0.133. The smallest absolute Gasteiger partial charge is 0.338 e. The second-order valence-electron chi connectivity index (χ2n) is 4.13. The molecule has 0 fully saturated rings. The molecular weight excluding hydrogens is 367 g/mol. The number of nitrogens with two attached hydrogens (primary N) is 1. The SMILES string of the molecule is CCOC(=O)c1ccc(Nc2ccccc2I)c(N)c1. The van der Waals surface area contributed by atoms with Crippen molar-refractivity contribution in [3.8, 4) is 0 Å². The van der Waals surface area contributed by atoms with Crippen LogP contribution in [-0.2, 0) is 4.74 Å². The van der Waals surface area contributed by atoms with Crippen molar-refractivity contribution in [1.82, 2.24) is 0 Å². The van der Waals surface area contributed by atoms with Gasteiger partial charge in [-0.3, -0.25) is 0 Å². The highest BCUT2D eigenvalue weighted by Crippen LogP contribution is 2.27. The van der Waals surface area contributed by atoms with Crippen LogP contribution in [0.4, 0.5) is 17.1 Å². The van der Waals surface area contributed by atoms with Crippen LogP contribution in [0.1, 0.15) is 17.3 Å². The van der Waals surface area contributed by atoms with Crippen molar-refractivity contribution in [1.29, 1.82) is 0 Å². The molecule has 2 aromatic carbocycles. The van der Waals surface area contributed by atoms with Crippen molar-refractivity contribution in [3.63, 3.8) is 0 Å². The van der Waals surface area contributed by atoms with Crippen LogP contribution < -0.4 is 11.1 Å². The largest absolute Gasteiger partial charge is 0.462 e. The van der Waals surface area contributed by atoms with Gasteiger partial charge >= 0.3 is 5.97 Å². The molecule has 0 aliphatic heterocycles. The van der Waals surface area contributed by atoms with Crippen LogP contribution in [0, 0.1) is 3.57 Å². The summed E-state index contributed by atoms with van der Waals surface area (Å²) in [6.45, 7) is 2.12. The fourth-order valence-electron chi connectivity index (χ4n) is 1.73. The van der Waals surface area contributed by atoms with Gasteiger partial charge in [-0.25, -0.2) is 4.79 Å². The lowest BCUT2D eigenvalue weighted by molar-refractivity contribution is 0.0526. The lowest BCUT2D eigenvalue weighted by Crippen LogP contribution is -2.06. The van der Waals surface area contributed by atoms with E-state index in [4.69, 9.17) is 10.5 Å². The van der Waals surface area contributed by atoms with E-state index in [1.54, 1.807) is 25.1 Å². The van der Waals surface area contributed by atoms with Gasteiger partial charge in [-0.05, 0) is 59.8 Å². The topological polar surface area (TPSA) is 64.3 Å². The molecule has 0 heterocycles. The number of nitrogen functional groups attached to an aromatic ring is 1. The number of carbonyl (C=O) groups is 1. The van der Waals surface area contributed by atoms with Crippen molar-refractivity contribution in [2.24, 2.45) is 0 Å². The maximum Gasteiger partial charge on any atom is 0.338 e. The van der Waals surface area contributed by atoms with Gasteiger partial charge in [0.25, 0.3) is 0 Å². The van der Waals surface area contributed by atoms with E-state index in [2.05, 4.69) is 27.9 Å². The van der Waals surface area contributed by atoms with Crippen LogP contribution in [0.5, 0.6) is 0 Å². The number of hydrogen-bond donors (Lipinski definition) is 2. The van der Waals surface area contributed by atoms with Crippen LogP contribution in [0.25, 0.3) is 0 Å². The van der Waals surface area contributed by atoms with Crippen LogP contribution in [0.2, 0.25) is 0 Å². The lowest BCUT2D eigenvalue weighted by Gasteiger charge is -2.12. The molecule has 0 bridgehead atoms. The maximum atomic E-state index is 11.6. The molecule has 2 rings (SSSR count). The molecule has 0 aromatic heterocycles. The molecule has 0 atom stereocenters. The highest BCUT2D eigenvalue weighted by Gasteiger charge is 2.09. The van der Waals surface area contributed by atoms with E-state index in [-0.39, 0.29) is 5.97 Å². The van der Waals surface area contributed by atoms with Crippen LogP contribution >= 0.6 is 22.6 Å². The Kier molecular flexibility index (Phi) is 4.84. The number of rotatable bonds is 4. The van der Waals surface area contributed by atoms with Gasteiger partial charge in [0.1, 0.15) is 0 Å². The minimum atomic E-state index is -0.361. The summed E-state index contributed by atoms with van der Waals surface area (Å²) in [5, 5.41) is 3.25. The number of hydrogen-bond acceptors (Lipinski definition) is 4. The third kappa shape index (κ3) is 3.41. The first-order valence-electron chi connectivity index (χ1n) is 6.20. The normalized spacial score (nSPS) is 10.1. The van der Waals surface area contributed by atoms with Crippen molar-refractivity contribution in [2.75, 3.05) is 17.7 Å². The Hall–Kier alpha value is -1.76. The monoisotopic (exact) mass is 382 g/mol. The highest BCUT2D eigenvalue weighted by molar-refractivity contribution is 14.1. The van der Waals surface area contributed by atoms with Gasteiger partial charge in [0.05, 0.1) is 29.2 Å². The lowest BCUT2D eigenvalue weighted by atomic mass is 10.1. The summed E-state index contributed by atoms with van der Waals surface area (Å²) in [7, 11) is 0. The minimum Gasteiger partial charge on any atom is -0.462 e. The van der Waals surface area contributed by atoms with Crippen molar-refractivity contribution >= 4 is 45.6 Å². The number of halogens is 1. The summed E-state index contributed by atoms with van der Waals surface area (Å²) in [5.41, 5.74) is 8.69. The third-order valence-electron chi connectivity index (χ3n) is 2.71. The van der Waals surface area contributed by atoms with E-state index < -0.39 is 0 Å². The summed E-state index contributed by atoms with van der Waals surface area (Å²) in [4.78, 5) is 11.6. The van der Waals surface area contributed by atoms with Gasteiger partial charge < -0.3 is 15.8 Å². The van der Waals surface area contributed by atoms with E-state index in [1.165, 1.54) is 0 Å². The number of ether oxygens (including phenoxy) is 1. The minimum absolute atomic E-state index is 0.348. The Morgan fingerprint density at radius 2 is 2.00 bits per heavy atom. The number of para-hydroxylation sites is 1. The summed E-state index contributed by atoms with van der Waals surface area (Å²) in [5.74, 6) is -0.361. The number of carbonyl (C=O) groups excluding carboxylic acids is 1. The molecule has 0 radical (unpaired) electrons. The van der Waals surface area contributed by atoms with Gasteiger partial charge in [-0.1, -0.05) is 12.1 Å². The van der Waals surface area contributed by atoms with Gasteiger partial charge in [-0.2, -0.15) is 0 Å². The third-order valence-corrected chi connectivity index (χ3v) is 3.65. The number of benzene rings is 2. The van der Waals surface area contributed by atoms with E-state index >= 15 is 0 Å². The fourth-order valence-corrected chi connectivity index (χ4v) is 2.25.